The van der Waals surface area contributed by atoms with Gasteiger partial charge in [0.1, 0.15) is 6.04 Å². The molecule has 2 aliphatic rings. The van der Waals surface area contributed by atoms with Crippen LogP contribution in [0.25, 0.3) is 0 Å². The van der Waals surface area contributed by atoms with E-state index in [1.54, 1.807) is 12.1 Å². The molecule has 3 heterocycles. The van der Waals surface area contributed by atoms with Crippen molar-refractivity contribution in [3.63, 3.8) is 0 Å². The molecule has 0 aliphatic carbocycles. The fraction of sp³-hybridized carbons (Fsp3) is 0.500. The van der Waals surface area contributed by atoms with Crippen LogP contribution < -0.4 is 5.73 Å². The molecular weight excluding hydrogens is 360 g/mol. The van der Waals surface area contributed by atoms with E-state index in [-0.39, 0.29) is 36.1 Å². The van der Waals surface area contributed by atoms with Gasteiger partial charge in [-0.25, -0.2) is 13.4 Å². The predicted octanol–water partition coefficient (Wildman–Crippen LogP) is -0.720. The number of aromatic nitrogens is 1. The zero-order valence-corrected chi connectivity index (χ0v) is 14.9. The van der Waals surface area contributed by atoms with E-state index in [0.717, 1.165) is 4.31 Å². The fourth-order valence-electron chi connectivity index (χ4n) is 3.55. The fourth-order valence-corrected chi connectivity index (χ4v) is 5.11. The van der Waals surface area contributed by atoms with Crippen LogP contribution in [0.4, 0.5) is 0 Å². The molecule has 0 radical (unpaired) electrons. The van der Waals surface area contributed by atoms with Crippen molar-refractivity contribution >= 4 is 27.6 Å². The van der Waals surface area contributed by atoms with Gasteiger partial charge in [0.15, 0.2) is 10.8 Å². The van der Waals surface area contributed by atoms with Gasteiger partial charge in [0.25, 0.3) is 10.0 Å². The second kappa shape index (κ2) is 7.12. The molecule has 9 nitrogen and oxygen atoms in total. The highest BCUT2D eigenvalue weighted by molar-refractivity contribution is 7.89. The first kappa shape index (κ1) is 18.5. The summed E-state index contributed by atoms with van der Waals surface area (Å²) >= 11 is 0. The van der Waals surface area contributed by atoms with Gasteiger partial charge in [0.2, 0.25) is 11.8 Å². The minimum atomic E-state index is -3.90. The number of sulfonamides is 1. The molecule has 10 heteroatoms. The Morgan fingerprint density at radius 1 is 1.27 bits per heavy atom. The average molecular weight is 380 g/mol. The number of likely N-dealkylation sites (tertiary alicyclic amines) is 1. The van der Waals surface area contributed by atoms with E-state index >= 15 is 0 Å². The predicted molar refractivity (Wildman–Crippen MR) is 90.1 cm³/mol. The molecule has 3 rings (SSSR count). The zero-order chi connectivity index (χ0) is 18.9. The number of carbonyl (C=O) groups is 3. The molecule has 2 fully saturated rings. The van der Waals surface area contributed by atoms with Crippen LogP contribution in [0.15, 0.2) is 29.4 Å². The van der Waals surface area contributed by atoms with E-state index in [2.05, 4.69) is 4.98 Å². The Balaban J connectivity index is 1.75. The van der Waals surface area contributed by atoms with Gasteiger partial charge in [-0.05, 0) is 25.0 Å². The molecule has 1 aromatic heterocycles. The van der Waals surface area contributed by atoms with Crippen molar-refractivity contribution in [2.45, 2.75) is 42.8 Å². The highest BCUT2D eigenvalue weighted by Crippen LogP contribution is 2.33. The summed E-state index contributed by atoms with van der Waals surface area (Å²) in [5, 5.41) is -0.111. The molecule has 2 unspecified atom stereocenters. The molecule has 2 aliphatic heterocycles. The van der Waals surface area contributed by atoms with Crippen LogP contribution in [0.5, 0.6) is 0 Å². The summed E-state index contributed by atoms with van der Waals surface area (Å²) < 4.78 is 26.8. The van der Waals surface area contributed by atoms with Crippen LogP contribution in [0.3, 0.4) is 0 Å². The lowest BCUT2D eigenvalue weighted by atomic mass is 10.1. The molecule has 0 aromatic carbocycles. The third-order valence-corrected chi connectivity index (χ3v) is 6.51. The van der Waals surface area contributed by atoms with Crippen molar-refractivity contribution in [1.29, 1.82) is 0 Å². The molecular formula is C16H20N4O5S. The summed E-state index contributed by atoms with van der Waals surface area (Å²) in [5.74, 6) is -1.04. The Morgan fingerprint density at radius 3 is 2.69 bits per heavy atom. The normalized spacial score (nSPS) is 23.2. The Bertz CT molecular complexity index is 826. The number of pyridine rings is 1. The van der Waals surface area contributed by atoms with E-state index in [9.17, 15) is 22.8 Å². The Hall–Kier alpha value is -2.33. The van der Waals surface area contributed by atoms with Crippen molar-refractivity contribution in [3.05, 3.63) is 24.4 Å². The van der Waals surface area contributed by atoms with Crippen LogP contribution in [0.1, 0.15) is 25.7 Å². The van der Waals surface area contributed by atoms with Crippen LogP contribution >= 0.6 is 0 Å². The number of primary amides is 1. The molecule has 0 spiro atoms. The summed E-state index contributed by atoms with van der Waals surface area (Å²) in [5.41, 5.74) is 5.06. The Labute approximate surface area is 151 Å². The number of rotatable bonds is 6. The van der Waals surface area contributed by atoms with E-state index in [4.69, 9.17) is 5.73 Å². The summed E-state index contributed by atoms with van der Waals surface area (Å²) in [6, 6.07) is 3.22. The van der Waals surface area contributed by atoms with Crippen molar-refractivity contribution in [1.82, 2.24) is 14.2 Å². The first-order valence-electron chi connectivity index (χ1n) is 8.35. The highest BCUT2D eigenvalue weighted by Gasteiger charge is 2.53. The number of ketones is 1. The SMILES string of the molecule is NC(=O)CCCC(=O)N1CCC2C1C(=O)CN2S(=O)(=O)c1ccccn1. The standard InChI is InChI=1S/C16H20N4O5S/c17-13(22)4-3-6-15(23)19-9-7-11-16(19)12(21)10-20(11)26(24,25)14-5-1-2-8-18-14/h1-2,5,8,11,16H,3-4,6-7,9-10H2,(H2,17,22). The smallest absolute Gasteiger partial charge is 0.261 e. The zero-order valence-electron chi connectivity index (χ0n) is 14.1. The third-order valence-electron chi connectivity index (χ3n) is 4.72. The average Bonchev–Trinajstić information content (AvgIpc) is 3.17. The maximum absolute atomic E-state index is 12.8. The summed E-state index contributed by atoms with van der Waals surface area (Å²) in [6.45, 7) is 0.0457. The number of hydrogen-bond donors (Lipinski definition) is 1. The van der Waals surface area contributed by atoms with Gasteiger partial charge in [-0.2, -0.15) is 4.31 Å². The van der Waals surface area contributed by atoms with Gasteiger partial charge >= 0.3 is 0 Å². The van der Waals surface area contributed by atoms with Gasteiger partial charge in [0.05, 0.1) is 12.6 Å². The van der Waals surface area contributed by atoms with E-state index in [0.29, 0.717) is 19.4 Å². The number of nitrogens with two attached hydrogens (primary N) is 1. The van der Waals surface area contributed by atoms with Crippen LogP contribution in [-0.4, -0.2) is 65.4 Å². The minimum Gasteiger partial charge on any atom is -0.370 e. The lowest BCUT2D eigenvalue weighted by Gasteiger charge is -2.23. The maximum atomic E-state index is 12.8. The lowest BCUT2D eigenvalue weighted by Crippen LogP contribution is -2.43. The third kappa shape index (κ3) is 3.34. The van der Waals surface area contributed by atoms with Crippen molar-refractivity contribution in [2.24, 2.45) is 5.73 Å². The minimum absolute atomic E-state index is 0.0990. The molecule has 2 saturated heterocycles. The first-order chi connectivity index (χ1) is 12.3. The first-order valence-corrected chi connectivity index (χ1v) is 9.80. The molecule has 2 atom stereocenters. The molecule has 1 aromatic rings. The van der Waals surface area contributed by atoms with Crippen molar-refractivity contribution in [3.8, 4) is 0 Å². The number of amides is 2. The second-order valence-electron chi connectivity index (χ2n) is 6.39. The number of Topliss-reactive ketones (excluding diaryl/α,β-unsaturated/α-hetero) is 1. The molecule has 2 N–H and O–H groups in total. The van der Waals surface area contributed by atoms with Gasteiger partial charge in [-0.1, -0.05) is 6.07 Å². The molecule has 0 saturated carbocycles. The monoisotopic (exact) mass is 380 g/mol. The molecule has 26 heavy (non-hydrogen) atoms. The van der Waals surface area contributed by atoms with E-state index < -0.39 is 28.0 Å². The quantitative estimate of drug-likeness (QED) is 0.693. The number of fused-ring (bicyclic) bond motifs is 1. The Morgan fingerprint density at radius 2 is 2.04 bits per heavy atom. The molecule has 2 amide bonds. The van der Waals surface area contributed by atoms with Crippen LogP contribution in [0, 0.1) is 0 Å². The number of nitrogens with zero attached hydrogens (tertiary/aromatic N) is 3. The molecule has 140 valence electrons. The maximum Gasteiger partial charge on any atom is 0.261 e. The molecule has 0 bridgehead atoms. The van der Waals surface area contributed by atoms with Crippen molar-refractivity contribution < 1.29 is 22.8 Å². The number of hydrogen-bond acceptors (Lipinski definition) is 6. The van der Waals surface area contributed by atoms with E-state index in [1.165, 1.54) is 17.2 Å². The Kier molecular flexibility index (Phi) is 5.05. The summed E-state index contributed by atoms with van der Waals surface area (Å²) in [4.78, 5) is 40.9. The lowest BCUT2D eigenvalue weighted by molar-refractivity contribution is -0.136. The van der Waals surface area contributed by atoms with Gasteiger partial charge in [-0.3, -0.25) is 14.4 Å². The van der Waals surface area contributed by atoms with Crippen LogP contribution in [-0.2, 0) is 24.4 Å². The van der Waals surface area contributed by atoms with E-state index in [1.807, 2.05) is 0 Å². The summed E-state index contributed by atoms with van der Waals surface area (Å²) in [6.07, 6.45) is 2.29. The highest BCUT2D eigenvalue weighted by atomic mass is 32.2. The van der Waals surface area contributed by atoms with Gasteiger partial charge in [0, 0.05) is 25.6 Å². The number of carbonyl (C=O) groups excluding carboxylic acids is 3. The van der Waals surface area contributed by atoms with Crippen LogP contribution in [0.2, 0.25) is 0 Å². The van der Waals surface area contributed by atoms with Gasteiger partial charge < -0.3 is 10.6 Å². The van der Waals surface area contributed by atoms with Gasteiger partial charge in [-0.15, -0.1) is 0 Å². The summed E-state index contributed by atoms with van der Waals surface area (Å²) in [7, 11) is -3.90. The second-order valence-corrected chi connectivity index (χ2v) is 8.23. The topological polar surface area (TPSA) is 131 Å². The van der Waals surface area contributed by atoms with Crippen molar-refractivity contribution in [2.75, 3.05) is 13.1 Å². The largest absolute Gasteiger partial charge is 0.370 e.